The summed E-state index contributed by atoms with van der Waals surface area (Å²) < 4.78 is 2.16. The average Bonchev–Trinajstić information content (AvgIpc) is 3.08. The van der Waals surface area contributed by atoms with Gasteiger partial charge in [0.05, 0.1) is 13.1 Å². The number of rotatable bonds is 6. The predicted molar refractivity (Wildman–Crippen MR) is 113 cm³/mol. The summed E-state index contributed by atoms with van der Waals surface area (Å²) in [5, 5.41) is 3.44. The van der Waals surface area contributed by atoms with E-state index < -0.39 is 0 Å². The summed E-state index contributed by atoms with van der Waals surface area (Å²) in [6, 6.07) is 13.5. The fourth-order valence-corrected chi connectivity index (χ4v) is 3.68. The molecular formula is C22H33N5. The van der Waals surface area contributed by atoms with Crippen LogP contribution in [0.3, 0.4) is 0 Å². The van der Waals surface area contributed by atoms with Gasteiger partial charge in [0.2, 0.25) is 0 Å². The number of benzene rings is 1. The third kappa shape index (κ3) is 4.92. The second-order valence-corrected chi connectivity index (χ2v) is 7.50. The maximum absolute atomic E-state index is 4.94. The molecule has 0 saturated carbocycles. The first-order valence-corrected chi connectivity index (χ1v) is 9.99. The predicted octanol–water partition coefficient (Wildman–Crippen LogP) is 2.87. The van der Waals surface area contributed by atoms with E-state index in [0.717, 1.165) is 45.1 Å². The van der Waals surface area contributed by atoms with Gasteiger partial charge in [-0.1, -0.05) is 24.3 Å². The van der Waals surface area contributed by atoms with Crippen molar-refractivity contribution in [3.8, 4) is 0 Å². The molecule has 1 unspecified atom stereocenters. The lowest BCUT2D eigenvalue weighted by atomic mass is 9.99. The van der Waals surface area contributed by atoms with Crippen molar-refractivity contribution in [3.05, 3.63) is 59.4 Å². The van der Waals surface area contributed by atoms with Gasteiger partial charge in [-0.2, -0.15) is 0 Å². The normalized spacial score (nSPS) is 16.1. The Bertz CT molecular complexity index is 764. The van der Waals surface area contributed by atoms with Crippen molar-refractivity contribution in [1.29, 1.82) is 0 Å². The molecule has 5 heteroatoms. The molecule has 1 atom stereocenters. The molecule has 1 aliphatic heterocycles. The highest BCUT2D eigenvalue weighted by molar-refractivity contribution is 5.79. The molecule has 0 amide bonds. The van der Waals surface area contributed by atoms with Gasteiger partial charge in [0.1, 0.15) is 0 Å². The van der Waals surface area contributed by atoms with E-state index in [0.29, 0.717) is 6.04 Å². The van der Waals surface area contributed by atoms with Gasteiger partial charge >= 0.3 is 0 Å². The molecule has 1 aromatic heterocycles. The van der Waals surface area contributed by atoms with Crippen LogP contribution in [-0.2, 0) is 26.6 Å². The van der Waals surface area contributed by atoms with Crippen molar-refractivity contribution < 1.29 is 0 Å². The minimum absolute atomic E-state index is 0.426. The first kappa shape index (κ1) is 19.5. The molecule has 2 heterocycles. The molecule has 1 aliphatic rings. The lowest BCUT2D eigenvalue weighted by molar-refractivity contribution is 0.195. The van der Waals surface area contributed by atoms with Crippen molar-refractivity contribution in [2.75, 3.05) is 26.7 Å². The van der Waals surface area contributed by atoms with E-state index in [9.17, 15) is 0 Å². The summed E-state index contributed by atoms with van der Waals surface area (Å²) in [7, 11) is 4.19. The number of nitrogens with zero attached hydrogens (tertiary/aromatic N) is 4. The third-order valence-electron chi connectivity index (χ3n) is 5.44. The second-order valence-electron chi connectivity index (χ2n) is 7.50. The molecule has 1 N–H and O–H groups in total. The lowest BCUT2D eigenvalue weighted by Gasteiger charge is -2.33. The Morgan fingerprint density at radius 3 is 2.70 bits per heavy atom. The molecule has 1 aromatic carbocycles. The Labute approximate surface area is 163 Å². The Balaban J connectivity index is 1.61. The highest BCUT2D eigenvalue weighted by atomic mass is 15.3. The summed E-state index contributed by atoms with van der Waals surface area (Å²) in [5.74, 6) is 0.975. The Morgan fingerprint density at radius 2 is 2.00 bits per heavy atom. The van der Waals surface area contributed by atoms with E-state index in [2.05, 4.69) is 90.2 Å². The molecule has 3 rings (SSSR count). The van der Waals surface area contributed by atoms with Gasteiger partial charge < -0.3 is 14.8 Å². The van der Waals surface area contributed by atoms with Crippen LogP contribution >= 0.6 is 0 Å². The van der Waals surface area contributed by atoms with Crippen LogP contribution in [0.25, 0.3) is 0 Å². The summed E-state index contributed by atoms with van der Waals surface area (Å²) in [6.07, 6.45) is 3.22. The summed E-state index contributed by atoms with van der Waals surface area (Å²) >= 11 is 0. The SMILES string of the molecule is CCNC(=NCC(C)N1CCc2ccccc2C1)N(C)Cc1cccn1C. The van der Waals surface area contributed by atoms with Gasteiger partial charge in [-0.05, 0) is 43.5 Å². The molecule has 5 nitrogen and oxygen atoms in total. The van der Waals surface area contributed by atoms with Crippen LogP contribution in [-0.4, -0.2) is 53.1 Å². The average molecular weight is 368 g/mol. The zero-order chi connectivity index (χ0) is 19.2. The second kappa shape index (κ2) is 9.09. The highest BCUT2D eigenvalue weighted by Crippen LogP contribution is 2.20. The zero-order valence-electron chi connectivity index (χ0n) is 17.2. The fraction of sp³-hybridized carbons (Fsp3) is 0.500. The summed E-state index contributed by atoms with van der Waals surface area (Å²) in [6.45, 7) is 9.09. The number of aryl methyl sites for hydroxylation is 1. The molecule has 27 heavy (non-hydrogen) atoms. The number of hydrogen-bond acceptors (Lipinski definition) is 2. The van der Waals surface area contributed by atoms with E-state index in [1.165, 1.54) is 16.8 Å². The van der Waals surface area contributed by atoms with Crippen LogP contribution in [0.1, 0.15) is 30.7 Å². The minimum atomic E-state index is 0.426. The molecule has 0 radical (unpaired) electrons. The van der Waals surface area contributed by atoms with Gasteiger partial charge in [-0.3, -0.25) is 9.89 Å². The number of aromatic nitrogens is 1. The molecule has 0 bridgehead atoms. The van der Waals surface area contributed by atoms with Gasteiger partial charge in [-0.25, -0.2) is 0 Å². The highest BCUT2D eigenvalue weighted by Gasteiger charge is 2.20. The minimum Gasteiger partial charge on any atom is -0.357 e. The molecule has 0 spiro atoms. The number of fused-ring (bicyclic) bond motifs is 1. The number of aliphatic imine (C=N–C) groups is 1. The third-order valence-corrected chi connectivity index (χ3v) is 5.44. The van der Waals surface area contributed by atoms with Crippen LogP contribution in [0, 0.1) is 0 Å². The standard InChI is InChI=1S/C22H33N5/c1-5-23-22(26(4)17-21-11-8-13-25(21)3)24-15-18(2)27-14-12-19-9-6-7-10-20(19)16-27/h6-11,13,18H,5,12,14-17H2,1-4H3,(H,23,24). The van der Waals surface area contributed by atoms with Crippen LogP contribution in [0.2, 0.25) is 0 Å². The molecular weight excluding hydrogens is 334 g/mol. The first-order valence-electron chi connectivity index (χ1n) is 9.99. The molecule has 2 aromatic rings. The van der Waals surface area contributed by atoms with Gasteiger partial charge in [0, 0.05) is 51.7 Å². The lowest BCUT2D eigenvalue weighted by Crippen LogP contribution is -2.42. The van der Waals surface area contributed by atoms with Crippen LogP contribution < -0.4 is 5.32 Å². The monoisotopic (exact) mass is 367 g/mol. The Morgan fingerprint density at radius 1 is 1.22 bits per heavy atom. The van der Waals surface area contributed by atoms with Crippen molar-refractivity contribution in [2.45, 2.75) is 39.4 Å². The van der Waals surface area contributed by atoms with Crippen LogP contribution in [0.5, 0.6) is 0 Å². The van der Waals surface area contributed by atoms with E-state index in [1.807, 2.05) is 0 Å². The molecule has 0 saturated heterocycles. The van der Waals surface area contributed by atoms with E-state index in [4.69, 9.17) is 4.99 Å². The number of nitrogens with one attached hydrogen (secondary N) is 1. The number of hydrogen-bond donors (Lipinski definition) is 1. The largest absolute Gasteiger partial charge is 0.357 e. The van der Waals surface area contributed by atoms with Crippen molar-refractivity contribution in [1.82, 2.24) is 19.7 Å². The molecule has 146 valence electrons. The summed E-state index contributed by atoms with van der Waals surface area (Å²) in [4.78, 5) is 9.69. The molecule has 0 aliphatic carbocycles. The topological polar surface area (TPSA) is 35.8 Å². The number of guanidine groups is 1. The van der Waals surface area contributed by atoms with Crippen molar-refractivity contribution in [2.24, 2.45) is 12.0 Å². The van der Waals surface area contributed by atoms with E-state index in [1.54, 1.807) is 0 Å². The van der Waals surface area contributed by atoms with Crippen molar-refractivity contribution in [3.63, 3.8) is 0 Å². The Kier molecular flexibility index (Phi) is 6.56. The van der Waals surface area contributed by atoms with Gasteiger partial charge in [0.25, 0.3) is 0 Å². The van der Waals surface area contributed by atoms with Crippen molar-refractivity contribution >= 4 is 5.96 Å². The zero-order valence-corrected chi connectivity index (χ0v) is 17.2. The molecule has 0 fully saturated rings. The smallest absolute Gasteiger partial charge is 0.194 e. The quantitative estimate of drug-likeness (QED) is 0.630. The van der Waals surface area contributed by atoms with Crippen LogP contribution in [0.15, 0.2) is 47.6 Å². The van der Waals surface area contributed by atoms with Gasteiger partial charge in [0.15, 0.2) is 5.96 Å². The first-order chi connectivity index (χ1) is 13.1. The Hall–Kier alpha value is -2.27. The maximum Gasteiger partial charge on any atom is 0.194 e. The van der Waals surface area contributed by atoms with E-state index in [-0.39, 0.29) is 0 Å². The van der Waals surface area contributed by atoms with E-state index >= 15 is 0 Å². The van der Waals surface area contributed by atoms with Gasteiger partial charge in [-0.15, -0.1) is 0 Å². The summed E-state index contributed by atoms with van der Waals surface area (Å²) in [5.41, 5.74) is 4.25. The fourth-order valence-electron chi connectivity index (χ4n) is 3.68. The van der Waals surface area contributed by atoms with Crippen LogP contribution in [0.4, 0.5) is 0 Å². The maximum atomic E-state index is 4.94.